The molecule has 0 bridgehead atoms. The summed E-state index contributed by atoms with van der Waals surface area (Å²) in [7, 11) is 0. The summed E-state index contributed by atoms with van der Waals surface area (Å²) in [6, 6.07) is 1.46. The third-order valence-corrected chi connectivity index (χ3v) is 6.75. The van der Waals surface area contributed by atoms with Crippen molar-refractivity contribution >= 4 is 0 Å². The Hall–Kier alpha value is -1.96. The molecular weight excluding hydrogens is 396 g/mol. The fourth-order valence-electron chi connectivity index (χ4n) is 5.00. The quantitative estimate of drug-likeness (QED) is 0.570. The smallest absolute Gasteiger partial charge is 0.330 e. The van der Waals surface area contributed by atoms with E-state index in [0.717, 1.165) is 37.8 Å². The van der Waals surface area contributed by atoms with Crippen molar-refractivity contribution in [3.63, 3.8) is 0 Å². The van der Waals surface area contributed by atoms with Crippen molar-refractivity contribution in [3.8, 4) is 11.3 Å². The van der Waals surface area contributed by atoms with Gasteiger partial charge in [0.2, 0.25) is 0 Å². The van der Waals surface area contributed by atoms with Crippen LogP contribution in [0.2, 0.25) is 0 Å². The SMILES string of the molecule is CCC(CC)c1nc(-c2cnc(C)c(C(F)(F)F)c2)cn1[C@H]1[C@@H]2CN(CCF)C[C@@H]21. The number of halogens is 4. The van der Waals surface area contributed by atoms with Crippen LogP contribution in [0.1, 0.15) is 55.7 Å². The second-order valence-corrected chi connectivity index (χ2v) is 8.53. The lowest BCUT2D eigenvalue weighted by molar-refractivity contribution is -0.138. The zero-order valence-corrected chi connectivity index (χ0v) is 17.6. The zero-order chi connectivity index (χ0) is 21.6. The number of piperidine rings is 1. The van der Waals surface area contributed by atoms with Crippen molar-refractivity contribution in [1.82, 2.24) is 19.4 Å². The predicted molar refractivity (Wildman–Crippen MR) is 107 cm³/mol. The standard InChI is InChI=1S/C22H28F4N4/c1-4-14(5-2)21-28-19(15-8-18(22(24,25)26)13(3)27-9-15)12-30(21)20-16-10-29(7-6-23)11-17(16)20/h8-9,12,14,16-17,20H,4-7,10-11H2,1-3H3/t16-,17+,20+. The minimum absolute atomic E-state index is 0.0319. The van der Waals surface area contributed by atoms with E-state index in [2.05, 4.69) is 28.3 Å². The van der Waals surface area contributed by atoms with Gasteiger partial charge in [-0.3, -0.25) is 4.98 Å². The molecule has 2 fully saturated rings. The number of nitrogens with zero attached hydrogens (tertiary/aromatic N) is 4. The number of aryl methyl sites for hydroxylation is 1. The number of aromatic nitrogens is 3. The summed E-state index contributed by atoms with van der Waals surface area (Å²) in [5, 5.41) is 0. The van der Waals surface area contributed by atoms with Gasteiger partial charge < -0.3 is 9.47 Å². The van der Waals surface area contributed by atoms with Crippen LogP contribution in [0, 0.1) is 18.8 Å². The number of rotatable bonds is 7. The molecule has 1 aliphatic heterocycles. The van der Waals surface area contributed by atoms with Gasteiger partial charge in [0.05, 0.1) is 11.3 Å². The molecule has 3 heterocycles. The van der Waals surface area contributed by atoms with Crippen molar-refractivity contribution < 1.29 is 17.6 Å². The van der Waals surface area contributed by atoms with Gasteiger partial charge in [-0.05, 0) is 37.7 Å². The summed E-state index contributed by atoms with van der Waals surface area (Å²) in [5.74, 6) is 2.13. The highest BCUT2D eigenvalue weighted by Gasteiger charge is 2.57. The molecule has 4 nitrogen and oxygen atoms in total. The van der Waals surface area contributed by atoms with Crippen LogP contribution in [-0.2, 0) is 6.18 Å². The maximum absolute atomic E-state index is 13.4. The minimum atomic E-state index is -4.44. The molecule has 1 saturated heterocycles. The molecule has 4 rings (SSSR count). The van der Waals surface area contributed by atoms with E-state index >= 15 is 0 Å². The number of hydrogen-bond acceptors (Lipinski definition) is 3. The van der Waals surface area contributed by atoms with E-state index in [-0.39, 0.29) is 18.3 Å². The Morgan fingerprint density at radius 3 is 2.40 bits per heavy atom. The van der Waals surface area contributed by atoms with E-state index < -0.39 is 11.7 Å². The average Bonchev–Trinajstić information content (AvgIpc) is 3.04. The monoisotopic (exact) mass is 424 g/mol. The van der Waals surface area contributed by atoms with Crippen LogP contribution in [0.5, 0.6) is 0 Å². The van der Waals surface area contributed by atoms with Crippen LogP contribution < -0.4 is 0 Å². The van der Waals surface area contributed by atoms with Gasteiger partial charge in [0.15, 0.2) is 0 Å². The number of pyridine rings is 1. The third-order valence-electron chi connectivity index (χ3n) is 6.75. The third kappa shape index (κ3) is 3.74. The average molecular weight is 424 g/mol. The maximum Gasteiger partial charge on any atom is 0.418 e. The van der Waals surface area contributed by atoms with Crippen molar-refractivity contribution in [2.24, 2.45) is 11.8 Å². The Labute approximate surface area is 174 Å². The minimum Gasteiger partial charge on any atom is -0.330 e. The van der Waals surface area contributed by atoms with Gasteiger partial charge >= 0.3 is 6.18 Å². The van der Waals surface area contributed by atoms with Gasteiger partial charge in [-0.15, -0.1) is 0 Å². The van der Waals surface area contributed by atoms with Gasteiger partial charge in [0.25, 0.3) is 0 Å². The first-order chi connectivity index (χ1) is 14.3. The molecule has 3 atom stereocenters. The Balaban J connectivity index is 1.68. The van der Waals surface area contributed by atoms with E-state index in [4.69, 9.17) is 4.98 Å². The molecule has 0 N–H and O–H groups in total. The molecule has 2 aromatic heterocycles. The zero-order valence-electron chi connectivity index (χ0n) is 17.6. The predicted octanol–water partition coefficient (Wildman–Crippen LogP) is 5.25. The molecule has 0 radical (unpaired) electrons. The van der Waals surface area contributed by atoms with Gasteiger partial charge in [0.1, 0.15) is 12.5 Å². The van der Waals surface area contributed by atoms with E-state index in [1.54, 1.807) is 0 Å². The summed E-state index contributed by atoms with van der Waals surface area (Å²) < 4.78 is 54.9. The van der Waals surface area contributed by atoms with Crippen LogP contribution in [0.3, 0.4) is 0 Å². The van der Waals surface area contributed by atoms with Crippen molar-refractivity contribution in [1.29, 1.82) is 0 Å². The molecule has 0 unspecified atom stereocenters. The lowest BCUT2D eigenvalue weighted by Gasteiger charge is -2.20. The van der Waals surface area contributed by atoms with Gasteiger partial charge in [-0.25, -0.2) is 9.37 Å². The Kier molecular flexibility index (Phi) is 5.64. The number of likely N-dealkylation sites (tertiary alicyclic amines) is 1. The molecule has 1 aliphatic carbocycles. The fraction of sp³-hybridized carbons (Fsp3) is 0.636. The second kappa shape index (κ2) is 7.94. The molecule has 0 spiro atoms. The first-order valence-corrected chi connectivity index (χ1v) is 10.7. The lowest BCUT2D eigenvalue weighted by atomic mass is 10.0. The van der Waals surface area contributed by atoms with Crippen LogP contribution in [0.4, 0.5) is 17.6 Å². The normalized spacial score (nSPS) is 23.9. The summed E-state index contributed by atoms with van der Waals surface area (Å²) in [6.45, 7) is 7.48. The van der Waals surface area contributed by atoms with Crippen LogP contribution in [0.15, 0.2) is 18.5 Å². The lowest BCUT2D eigenvalue weighted by Crippen LogP contribution is -2.27. The van der Waals surface area contributed by atoms with Crippen molar-refractivity contribution in [3.05, 3.63) is 35.5 Å². The van der Waals surface area contributed by atoms with E-state index in [0.29, 0.717) is 35.7 Å². The van der Waals surface area contributed by atoms with Crippen LogP contribution >= 0.6 is 0 Å². The molecule has 164 valence electrons. The van der Waals surface area contributed by atoms with E-state index in [9.17, 15) is 17.6 Å². The molecule has 2 aliphatic rings. The summed E-state index contributed by atoms with van der Waals surface area (Å²) in [6.07, 6.45) is 0.778. The number of imidazole rings is 1. The second-order valence-electron chi connectivity index (χ2n) is 8.53. The van der Waals surface area contributed by atoms with Crippen molar-refractivity contribution in [2.45, 2.75) is 51.7 Å². The molecule has 1 saturated carbocycles. The van der Waals surface area contributed by atoms with E-state index in [1.165, 1.54) is 13.1 Å². The molecule has 0 aromatic carbocycles. The highest BCUT2D eigenvalue weighted by molar-refractivity contribution is 5.59. The summed E-state index contributed by atoms with van der Waals surface area (Å²) in [5.41, 5.74) is 0.184. The maximum atomic E-state index is 13.4. The number of alkyl halides is 4. The molecule has 2 aromatic rings. The topological polar surface area (TPSA) is 34.0 Å². The first kappa shape index (κ1) is 21.3. The largest absolute Gasteiger partial charge is 0.418 e. The molecule has 8 heteroatoms. The highest BCUT2D eigenvalue weighted by Crippen LogP contribution is 2.56. The van der Waals surface area contributed by atoms with Gasteiger partial charge in [-0.2, -0.15) is 13.2 Å². The number of hydrogen-bond donors (Lipinski definition) is 0. The summed E-state index contributed by atoms with van der Waals surface area (Å²) >= 11 is 0. The van der Waals surface area contributed by atoms with Gasteiger partial charge in [-0.1, -0.05) is 13.8 Å². The molecule has 30 heavy (non-hydrogen) atoms. The summed E-state index contributed by atoms with van der Waals surface area (Å²) in [4.78, 5) is 10.9. The Morgan fingerprint density at radius 1 is 1.17 bits per heavy atom. The van der Waals surface area contributed by atoms with Gasteiger partial charge in [0, 0.05) is 55.2 Å². The van der Waals surface area contributed by atoms with Crippen LogP contribution in [-0.4, -0.2) is 45.7 Å². The fourth-order valence-corrected chi connectivity index (χ4v) is 5.00. The van der Waals surface area contributed by atoms with E-state index in [1.807, 2.05) is 6.20 Å². The van der Waals surface area contributed by atoms with Crippen LogP contribution in [0.25, 0.3) is 11.3 Å². The van der Waals surface area contributed by atoms with Crippen molar-refractivity contribution in [2.75, 3.05) is 26.3 Å². The molecular formula is C22H28F4N4. The Morgan fingerprint density at radius 2 is 1.83 bits per heavy atom. The first-order valence-electron chi connectivity index (χ1n) is 10.7. The molecule has 0 amide bonds. The number of fused-ring (bicyclic) bond motifs is 1. The highest BCUT2D eigenvalue weighted by atomic mass is 19.4. The Bertz CT molecular complexity index is 891.